The largest absolute Gasteiger partial charge is 0.409 e. The van der Waals surface area contributed by atoms with Crippen LogP contribution in [0.1, 0.15) is 31.9 Å². The Labute approximate surface area is 114 Å². The molecule has 106 valence electrons. The molecule has 0 heterocycles. The fourth-order valence-electron chi connectivity index (χ4n) is 1.47. The smallest absolute Gasteiger partial charge is 0.170 e. The average Bonchev–Trinajstić information content (AvgIpc) is 2.36. The fourth-order valence-corrected chi connectivity index (χ4v) is 1.47. The first-order valence-corrected chi connectivity index (χ1v) is 6.21. The van der Waals surface area contributed by atoms with E-state index in [-0.39, 0.29) is 11.4 Å². The minimum absolute atomic E-state index is 0.0953. The van der Waals surface area contributed by atoms with Gasteiger partial charge >= 0.3 is 0 Å². The maximum atomic E-state index is 8.62. The van der Waals surface area contributed by atoms with E-state index in [4.69, 9.17) is 20.4 Å². The Morgan fingerprint density at radius 3 is 2.68 bits per heavy atom. The molecule has 0 bridgehead atoms. The van der Waals surface area contributed by atoms with Crippen molar-refractivity contribution < 1.29 is 14.7 Å². The number of hydrogen-bond acceptors (Lipinski definition) is 4. The third-order valence-electron chi connectivity index (χ3n) is 2.36. The Morgan fingerprint density at radius 2 is 2.05 bits per heavy atom. The van der Waals surface area contributed by atoms with Crippen molar-refractivity contribution in [1.29, 1.82) is 0 Å². The van der Waals surface area contributed by atoms with Crippen LogP contribution < -0.4 is 5.73 Å². The first-order chi connectivity index (χ1) is 8.92. The highest BCUT2D eigenvalue weighted by Crippen LogP contribution is 2.08. The minimum Gasteiger partial charge on any atom is -0.409 e. The van der Waals surface area contributed by atoms with Crippen LogP contribution in [0.2, 0.25) is 0 Å². The summed E-state index contributed by atoms with van der Waals surface area (Å²) in [7, 11) is 0. The predicted molar refractivity (Wildman–Crippen MR) is 74.3 cm³/mol. The van der Waals surface area contributed by atoms with E-state index in [1.54, 1.807) is 6.07 Å². The quantitative estimate of drug-likeness (QED) is 0.272. The first kappa shape index (κ1) is 15.5. The van der Waals surface area contributed by atoms with E-state index < -0.39 is 0 Å². The summed E-state index contributed by atoms with van der Waals surface area (Å²) in [5, 5.41) is 11.6. The molecule has 0 amide bonds. The highest BCUT2D eigenvalue weighted by molar-refractivity contribution is 5.97. The van der Waals surface area contributed by atoms with Crippen LogP contribution in [-0.2, 0) is 16.1 Å². The van der Waals surface area contributed by atoms with Crippen molar-refractivity contribution >= 4 is 5.84 Å². The number of nitrogens with zero attached hydrogens (tertiary/aromatic N) is 1. The molecule has 0 aliphatic rings. The molecule has 3 N–H and O–H groups in total. The van der Waals surface area contributed by atoms with Gasteiger partial charge < -0.3 is 20.4 Å². The predicted octanol–water partition coefficient (Wildman–Crippen LogP) is 2.11. The summed E-state index contributed by atoms with van der Waals surface area (Å²) in [5.74, 6) is 0.0953. The van der Waals surface area contributed by atoms with Crippen LogP contribution >= 0.6 is 0 Å². The lowest BCUT2D eigenvalue weighted by Gasteiger charge is -2.19. The maximum Gasteiger partial charge on any atom is 0.170 e. The van der Waals surface area contributed by atoms with Crippen LogP contribution in [0.4, 0.5) is 0 Å². The highest BCUT2D eigenvalue weighted by atomic mass is 16.5. The molecule has 1 aromatic rings. The Kier molecular flexibility index (Phi) is 5.79. The van der Waals surface area contributed by atoms with E-state index in [2.05, 4.69) is 5.16 Å². The number of rotatable bonds is 6. The molecule has 5 nitrogen and oxygen atoms in total. The molecule has 1 rings (SSSR count). The molecule has 19 heavy (non-hydrogen) atoms. The second-order valence-electron chi connectivity index (χ2n) is 5.20. The lowest BCUT2D eigenvalue weighted by molar-refractivity contribution is -0.0376. The molecule has 0 saturated carbocycles. The van der Waals surface area contributed by atoms with E-state index in [1.165, 1.54) is 0 Å². The molecule has 1 aromatic carbocycles. The monoisotopic (exact) mass is 266 g/mol. The van der Waals surface area contributed by atoms with Crippen LogP contribution in [0.15, 0.2) is 29.4 Å². The summed E-state index contributed by atoms with van der Waals surface area (Å²) in [5.41, 5.74) is 7.03. The van der Waals surface area contributed by atoms with Crippen molar-refractivity contribution in [2.45, 2.75) is 33.0 Å². The summed E-state index contributed by atoms with van der Waals surface area (Å²) < 4.78 is 11.1. The van der Waals surface area contributed by atoms with Gasteiger partial charge in [-0.25, -0.2) is 0 Å². The zero-order chi connectivity index (χ0) is 14.3. The van der Waals surface area contributed by atoms with Crippen LogP contribution in [0.3, 0.4) is 0 Å². The number of benzene rings is 1. The number of hydrogen-bond donors (Lipinski definition) is 2. The van der Waals surface area contributed by atoms with E-state index in [0.717, 1.165) is 5.56 Å². The van der Waals surface area contributed by atoms with Gasteiger partial charge in [0.25, 0.3) is 0 Å². The molecule has 0 unspecified atom stereocenters. The summed E-state index contributed by atoms with van der Waals surface area (Å²) in [6.07, 6.45) is 0. The van der Waals surface area contributed by atoms with Crippen LogP contribution in [0.25, 0.3) is 0 Å². The van der Waals surface area contributed by atoms with Crippen LogP contribution in [-0.4, -0.2) is 29.9 Å². The molecule has 0 aliphatic carbocycles. The van der Waals surface area contributed by atoms with E-state index in [9.17, 15) is 0 Å². The van der Waals surface area contributed by atoms with Gasteiger partial charge in [-0.2, -0.15) is 0 Å². The minimum atomic E-state index is -0.144. The van der Waals surface area contributed by atoms with Crippen molar-refractivity contribution in [3.8, 4) is 0 Å². The molecule has 0 saturated heterocycles. The molecule has 0 aromatic heterocycles. The van der Waals surface area contributed by atoms with Gasteiger partial charge in [-0.3, -0.25) is 0 Å². The lowest BCUT2D eigenvalue weighted by atomic mass is 10.1. The summed E-state index contributed by atoms with van der Waals surface area (Å²) >= 11 is 0. The maximum absolute atomic E-state index is 8.62. The Hall–Kier alpha value is -1.59. The average molecular weight is 266 g/mol. The van der Waals surface area contributed by atoms with Gasteiger partial charge in [0, 0.05) is 5.56 Å². The Bertz CT molecular complexity index is 425. The van der Waals surface area contributed by atoms with Crippen molar-refractivity contribution in [3.05, 3.63) is 35.4 Å². The normalized spacial score (nSPS) is 12.7. The van der Waals surface area contributed by atoms with Crippen molar-refractivity contribution in [2.75, 3.05) is 13.2 Å². The second-order valence-corrected chi connectivity index (χ2v) is 5.20. The van der Waals surface area contributed by atoms with E-state index in [1.807, 2.05) is 39.0 Å². The molecule has 0 fully saturated rings. The third-order valence-corrected chi connectivity index (χ3v) is 2.36. The molecule has 0 radical (unpaired) electrons. The number of ether oxygens (including phenoxy) is 2. The van der Waals surface area contributed by atoms with Gasteiger partial charge in [0.2, 0.25) is 0 Å². The van der Waals surface area contributed by atoms with Gasteiger partial charge in [0.1, 0.15) is 0 Å². The standard InChI is InChI=1S/C14H22N2O3/c1-14(2,3)19-8-7-18-10-11-5-4-6-12(9-11)13(15)16-17/h4-6,9,17H,7-8,10H2,1-3H3,(H2,15,16). The number of oxime groups is 1. The van der Waals surface area contributed by atoms with Crippen LogP contribution in [0.5, 0.6) is 0 Å². The van der Waals surface area contributed by atoms with Gasteiger partial charge in [-0.05, 0) is 32.4 Å². The molecular weight excluding hydrogens is 244 g/mol. The van der Waals surface area contributed by atoms with Crippen molar-refractivity contribution in [1.82, 2.24) is 0 Å². The molecule has 0 spiro atoms. The molecule has 0 aliphatic heterocycles. The van der Waals surface area contributed by atoms with Crippen molar-refractivity contribution in [2.24, 2.45) is 10.9 Å². The topological polar surface area (TPSA) is 77.1 Å². The van der Waals surface area contributed by atoms with Crippen molar-refractivity contribution in [3.63, 3.8) is 0 Å². The first-order valence-electron chi connectivity index (χ1n) is 6.21. The van der Waals surface area contributed by atoms with Gasteiger partial charge in [0.05, 0.1) is 25.4 Å². The Morgan fingerprint density at radius 1 is 1.32 bits per heavy atom. The third kappa shape index (κ3) is 6.22. The van der Waals surface area contributed by atoms with Gasteiger partial charge in [-0.15, -0.1) is 0 Å². The zero-order valence-electron chi connectivity index (χ0n) is 11.7. The molecular formula is C14H22N2O3. The van der Waals surface area contributed by atoms with E-state index in [0.29, 0.717) is 25.4 Å². The Balaban J connectivity index is 2.38. The summed E-state index contributed by atoms with van der Waals surface area (Å²) in [6.45, 7) is 7.59. The molecule has 5 heteroatoms. The summed E-state index contributed by atoms with van der Waals surface area (Å²) in [6, 6.07) is 7.39. The molecule has 0 atom stereocenters. The van der Waals surface area contributed by atoms with Gasteiger partial charge in [-0.1, -0.05) is 23.4 Å². The van der Waals surface area contributed by atoms with Crippen LogP contribution in [0, 0.1) is 0 Å². The fraction of sp³-hybridized carbons (Fsp3) is 0.500. The number of amidine groups is 1. The lowest BCUT2D eigenvalue weighted by Crippen LogP contribution is -2.21. The second kappa shape index (κ2) is 7.11. The zero-order valence-corrected chi connectivity index (χ0v) is 11.7. The van der Waals surface area contributed by atoms with E-state index >= 15 is 0 Å². The van der Waals surface area contributed by atoms with Gasteiger partial charge in [0.15, 0.2) is 5.84 Å². The number of nitrogens with two attached hydrogens (primary N) is 1. The highest BCUT2D eigenvalue weighted by Gasteiger charge is 2.09. The summed E-state index contributed by atoms with van der Waals surface area (Å²) in [4.78, 5) is 0. The SMILES string of the molecule is CC(C)(C)OCCOCc1cccc(/C(N)=N/O)c1.